The Labute approximate surface area is 238 Å². The number of carboxylic acids is 1. The average Bonchev–Trinajstić information content (AvgIpc) is 3.17. The van der Waals surface area contributed by atoms with E-state index in [1.165, 1.54) is 0 Å². The van der Waals surface area contributed by atoms with Gasteiger partial charge in [0.25, 0.3) is 5.91 Å². The summed E-state index contributed by atoms with van der Waals surface area (Å²) < 4.78 is 0. The second-order valence-electron chi connectivity index (χ2n) is 11.2. The van der Waals surface area contributed by atoms with Crippen molar-refractivity contribution >= 4 is 11.9 Å². The highest BCUT2D eigenvalue weighted by molar-refractivity contribution is 5.94. The molecule has 2 heterocycles. The number of phenolic OH excluding ortho intramolecular Hbond substituents is 1. The number of carbonyl (C=O) groups excluding carboxylic acids is 1. The molecule has 0 unspecified atom stereocenters. The van der Waals surface area contributed by atoms with Crippen LogP contribution in [0.25, 0.3) is 0 Å². The monoisotopic (exact) mass is 548 g/mol. The summed E-state index contributed by atoms with van der Waals surface area (Å²) in [7, 11) is 0. The fourth-order valence-corrected chi connectivity index (χ4v) is 6.15. The van der Waals surface area contributed by atoms with Gasteiger partial charge in [-0.15, -0.1) is 6.58 Å². The number of rotatable bonds is 10. The summed E-state index contributed by atoms with van der Waals surface area (Å²) in [4.78, 5) is 33.7. The fraction of sp³-hybridized carbons (Fsp3) is 0.500. The minimum absolute atomic E-state index is 0.0288. The standard InChI is InChI=1S/C32H44N4O4/c1-4-14-35-22-25(3)36(23-24(35)2)31(27-10-6-12-29(37)21-27)26-9-5-11-28(20-26)32(40)34-17-8-16-33(18-19-34)15-7-13-30(38)39/h4-6,9-12,20-21,24-25,31,37H,1,7-8,13-19,22-23H2,2-3H3,(H,38,39)/t24-,25+,31-/m1/s1. The van der Waals surface area contributed by atoms with Crippen LogP contribution in [0.2, 0.25) is 0 Å². The van der Waals surface area contributed by atoms with Gasteiger partial charge in [0.15, 0.2) is 0 Å². The lowest BCUT2D eigenvalue weighted by Crippen LogP contribution is -2.57. The molecule has 2 aromatic carbocycles. The topological polar surface area (TPSA) is 87.6 Å². The van der Waals surface area contributed by atoms with Gasteiger partial charge in [-0.3, -0.25) is 19.4 Å². The number of aromatic hydroxyl groups is 1. The third-order valence-corrected chi connectivity index (χ3v) is 8.23. The molecule has 0 aliphatic carbocycles. The number of amides is 1. The minimum atomic E-state index is -0.766. The molecule has 4 rings (SSSR count). The van der Waals surface area contributed by atoms with E-state index in [-0.39, 0.29) is 30.2 Å². The third-order valence-electron chi connectivity index (χ3n) is 8.23. The first-order valence-corrected chi connectivity index (χ1v) is 14.5. The number of hydrogen-bond donors (Lipinski definition) is 2. The SMILES string of the molecule is C=CCN1C[C@H](C)N([C@@H](c2cccc(O)c2)c2cccc(C(=O)N3CCCN(CCCC(=O)O)CC3)c2)C[C@H]1C. The van der Waals surface area contributed by atoms with E-state index in [1.54, 1.807) is 6.07 Å². The molecule has 0 bridgehead atoms. The second kappa shape index (κ2) is 13.9. The highest BCUT2D eigenvalue weighted by atomic mass is 16.4. The molecule has 2 aliphatic rings. The number of carbonyl (C=O) groups is 2. The van der Waals surface area contributed by atoms with Gasteiger partial charge in [-0.1, -0.05) is 30.3 Å². The predicted octanol–water partition coefficient (Wildman–Crippen LogP) is 4.07. The summed E-state index contributed by atoms with van der Waals surface area (Å²) in [6.07, 6.45) is 3.63. The maximum absolute atomic E-state index is 13.7. The van der Waals surface area contributed by atoms with Gasteiger partial charge in [0.2, 0.25) is 0 Å². The summed E-state index contributed by atoms with van der Waals surface area (Å²) >= 11 is 0. The molecule has 2 N–H and O–H groups in total. The molecule has 8 heteroatoms. The predicted molar refractivity (Wildman–Crippen MR) is 158 cm³/mol. The average molecular weight is 549 g/mol. The van der Waals surface area contributed by atoms with Crippen LogP contribution in [0.15, 0.2) is 61.2 Å². The van der Waals surface area contributed by atoms with Crippen molar-refractivity contribution in [1.82, 2.24) is 19.6 Å². The Morgan fingerprint density at radius 1 is 1.00 bits per heavy atom. The molecule has 0 aromatic heterocycles. The van der Waals surface area contributed by atoms with E-state index < -0.39 is 5.97 Å². The summed E-state index contributed by atoms with van der Waals surface area (Å²) in [5, 5.41) is 19.3. The molecular formula is C32H44N4O4. The zero-order valence-corrected chi connectivity index (χ0v) is 23.9. The molecule has 40 heavy (non-hydrogen) atoms. The molecule has 2 fully saturated rings. The van der Waals surface area contributed by atoms with E-state index in [4.69, 9.17) is 5.11 Å². The van der Waals surface area contributed by atoms with Crippen LogP contribution in [0.5, 0.6) is 5.75 Å². The molecule has 3 atom stereocenters. The van der Waals surface area contributed by atoms with Gasteiger partial charge in [-0.05, 0) is 75.2 Å². The first-order chi connectivity index (χ1) is 19.3. The number of piperazine rings is 1. The van der Waals surface area contributed by atoms with E-state index >= 15 is 0 Å². The Hall–Kier alpha value is -3.20. The Kier molecular flexibility index (Phi) is 10.4. The molecule has 8 nitrogen and oxygen atoms in total. The van der Waals surface area contributed by atoms with Crippen LogP contribution in [0.4, 0.5) is 0 Å². The number of phenols is 1. The van der Waals surface area contributed by atoms with Gasteiger partial charge < -0.3 is 20.0 Å². The van der Waals surface area contributed by atoms with Crippen LogP contribution >= 0.6 is 0 Å². The van der Waals surface area contributed by atoms with Crippen molar-refractivity contribution in [2.75, 3.05) is 52.4 Å². The van der Waals surface area contributed by atoms with Crippen molar-refractivity contribution < 1.29 is 19.8 Å². The molecular weight excluding hydrogens is 504 g/mol. The van der Waals surface area contributed by atoms with Crippen molar-refractivity contribution in [3.8, 4) is 5.75 Å². The van der Waals surface area contributed by atoms with E-state index in [2.05, 4.69) is 47.3 Å². The van der Waals surface area contributed by atoms with Gasteiger partial charge >= 0.3 is 5.97 Å². The van der Waals surface area contributed by atoms with Gasteiger partial charge in [0, 0.05) is 63.3 Å². The van der Waals surface area contributed by atoms with Crippen LogP contribution in [0, 0.1) is 0 Å². The molecule has 216 valence electrons. The highest BCUT2D eigenvalue weighted by Crippen LogP contribution is 2.35. The molecule has 2 saturated heterocycles. The zero-order chi connectivity index (χ0) is 28.6. The van der Waals surface area contributed by atoms with E-state index in [1.807, 2.05) is 41.3 Å². The molecule has 1 amide bonds. The Balaban J connectivity index is 1.55. The van der Waals surface area contributed by atoms with Crippen molar-refractivity contribution in [3.05, 3.63) is 77.9 Å². The third kappa shape index (κ3) is 7.50. The molecule has 0 saturated carbocycles. The lowest BCUT2D eigenvalue weighted by atomic mass is 9.92. The summed E-state index contributed by atoms with van der Waals surface area (Å²) in [6.45, 7) is 14.7. The van der Waals surface area contributed by atoms with E-state index in [9.17, 15) is 14.7 Å². The van der Waals surface area contributed by atoms with Gasteiger partial charge in [0.1, 0.15) is 5.75 Å². The normalized spacial score (nSPS) is 22.0. The number of aliphatic carboxylic acids is 1. The van der Waals surface area contributed by atoms with Crippen LogP contribution < -0.4 is 0 Å². The number of hydrogen-bond acceptors (Lipinski definition) is 6. The van der Waals surface area contributed by atoms with Crippen molar-refractivity contribution in [1.29, 1.82) is 0 Å². The number of benzene rings is 2. The number of nitrogens with zero attached hydrogens (tertiary/aromatic N) is 4. The maximum atomic E-state index is 13.7. The zero-order valence-electron chi connectivity index (χ0n) is 23.9. The number of carboxylic acid groups (broad SMARTS) is 1. The lowest BCUT2D eigenvalue weighted by Gasteiger charge is -2.47. The largest absolute Gasteiger partial charge is 0.508 e. The Morgan fingerprint density at radius 3 is 2.48 bits per heavy atom. The molecule has 0 radical (unpaired) electrons. The van der Waals surface area contributed by atoms with E-state index in [0.29, 0.717) is 31.1 Å². The maximum Gasteiger partial charge on any atom is 0.303 e. The van der Waals surface area contributed by atoms with Gasteiger partial charge in [-0.2, -0.15) is 0 Å². The summed E-state index contributed by atoms with van der Waals surface area (Å²) in [5.41, 5.74) is 2.72. The van der Waals surface area contributed by atoms with Crippen LogP contribution in [0.3, 0.4) is 0 Å². The van der Waals surface area contributed by atoms with Crippen molar-refractivity contribution in [2.45, 2.75) is 51.2 Å². The summed E-state index contributed by atoms with van der Waals surface area (Å²) in [5.74, 6) is -0.502. The first-order valence-electron chi connectivity index (χ1n) is 14.5. The molecule has 0 spiro atoms. The highest BCUT2D eigenvalue weighted by Gasteiger charge is 2.35. The Morgan fingerprint density at radius 2 is 1.75 bits per heavy atom. The van der Waals surface area contributed by atoms with Gasteiger partial charge in [-0.25, -0.2) is 0 Å². The molecule has 2 aromatic rings. The van der Waals surface area contributed by atoms with E-state index in [0.717, 1.165) is 56.8 Å². The van der Waals surface area contributed by atoms with Crippen LogP contribution in [-0.4, -0.2) is 106 Å². The second-order valence-corrected chi connectivity index (χ2v) is 11.2. The quantitative estimate of drug-likeness (QED) is 0.433. The first kappa shape index (κ1) is 29.8. The smallest absolute Gasteiger partial charge is 0.303 e. The molecule has 2 aliphatic heterocycles. The van der Waals surface area contributed by atoms with Crippen molar-refractivity contribution in [2.24, 2.45) is 0 Å². The van der Waals surface area contributed by atoms with Gasteiger partial charge in [0.05, 0.1) is 6.04 Å². The summed E-state index contributed by atoms with van der Waals surface area (Å²) in [6, 6.07) is 16.0. The van der Waals surface area contributed by atoms with Crippen LogP contribution in [0.1, 0.15) is 60.6 Å². The van der Waals surface area contributed by atoms with Crippen LogP contribution in [-0.2, 0) is 4.79 Å². The Bertz CT molecular complexity index is 1170. The minimum Gasteiger partial charge on any atom is -0.508 e. The van der Waals surface area contributed by atoms with Crippen molar-refractivity contribution in [3.63, 3.8) is 0 Å². The fourth-order valence-electron chi connectivity index (χ4n) is 6.15. The lowest BCUT2D eigenvalue weighted by molar-refractivity contribution is -0.137.